The number of fused-ring (bicyclic) bond motifs is 3. The maximum Gasteiger partial charge on any atom is 0.306 e. The Morgan fingerprint density at radius 1 is 1.00 bits per heavy atom. The van der Waals surface area contributed by atoms with Crippen LogP contribution in [0.25, 0.3) is 11.0 Å². The van der Waals surface area contributed by atoms with Gasteiger partial charge in [-0.2, -0.15) is 0 Å². The summed E-state index contributed by atoms with van der Waals surface area (Å²) in [6.07, 6.45) is 7.61. The SMILES string of the molecule is O=C(C[C@@H](CCCc1ccccc1)C(=O)O)c1ccc2c3c(oc2c1)CCCCC3. The first-order chi connectivity index (χ1) is 14.6. The largest absolute Gasteiger partial charge is 0.481 e. The summed E-state index contributed by atoms with van der Waals surface area (Å²) in [5.41, 5.74) is 3.77. The van der Waals surface area contributed by atoms with Gasteiger partial charge in [0, 0.05) is 29.4 Å². The van der Waals surface area contributed by atoms with Crippen molar-refractivity contribution in [3.8, 4) is 0 Å². The fourth-order valence-corrected chi connectivity index (χ4v) is 4.47. The smallest absolute Gasteiger partial charge is 0.306 e. The number of carboxylic acid groups (broad SMARTS) is 1. The Bertz CT molecular complexity index is 1030. The van der Waals surface area contributed by atoms with Gasteiger partial charge in [0.25, 0.3) is 0 Å². The van der Waals surface area contributed by atoms with E-state index in [-0.39, 0.29) is 12.2 Å². The molecule has 0 unspecified atom stereocenters. The van der Waals surface area contributed by atoms with Crippen LogP contribution in [0.2, 0.25) is 0 Å². The van der Waals surface area contributed by atoms with Crippen molar-refractivity contribution in [1.82, 2.24) is 0 Å². The number of aliphatic carboxylic acids is 1. The van der Waals surface area contributed by atoms with Gasteiger partial charge in [-0.1, -0.05) is 48.9 Å². The minimum Gasteiger partial charge on any atom is -0.481 e. The van der Waals surface area contributed by atoms with Crippen molar-refractivity contribution < 1.29 is 19.1 Å². The Hall–Kier alpha value is -2.88. The molecule has 1 atom stereocenters. The highest BCUT2D eigenvalue weighted by Gasteiger charge is 2.23. The molecule has 156 valence electrons. The highest BCUT2D eigenvalue weighted by atomic mass is 16.4. The molecule has 1 N–H and O–H groups in total. The topological polar surface area (TPSA) is 67.5 Å². The molecular weight excluding hydrogens is 376 g/mol. The van der Waals surface area contributed by atoms with Gasteiger partial charge in [-0.3, -0.25) is 9.59 Å². The maximum absolute atomic E-state index is 12.8. The number of aryl methyl sites for hydroxylation is 3. The predicted molar refractivity (Wildman–Crippen MR) is 117 cm³/mol. The Labute approximate surface area is 176 Å². The number of carbonyl (C=O) groups is 2. The molecule has 2 aromatic carbocycles. The van der Waals surface area contributed by atoms with E-state index in [0.717, 1.165) is 48.8 Å². The first-order valence-corrected chi connectivity index (χ1v) is 11.0. The van der Waals surface area contributed by atoms with Gasteiger partial charge in [0.05, 0.1) is 5.92 Å². The standard InChI is InChI=1S/C26H28O4/c27-23(16-20(26(28)29)11-7-10-18-8-3-1-4-9-18)19-14-15-22-21-12-5-2-6-13-24(21)30-25(22)17-19/h1,3-4,8-9,14-15,17,20H,2,5-7,10-13,16H2,(H,28,29)/t20-/m1/s1. The number of Topliss-reactive ketones (excluding diaryl/α,β-unsaturated/α-hetero) is 1. The number of hydrogen-bond acceptors (Lipinski definition) is 3. The molecule has 1 aromatic heterocycles. The molecule has 0 spiro atoms. The fourth-order valence-electron chi connectivity index (χ4n) is 4.47. The second-order valence-electron chi connectivity index (χ2n) is 8.32. The highest BCUT2D eigenvalue weighted by molar-refractivity contribution is 6.01. The van der Waals surface area contributed by atoms with Gasteiger partial charge in [-0.25, -0.2) is 0 Å². The van der Waals surface area contributed by atoms with E-state index in [1.54, 1.807) is 6.07 Å². The zero-order chi connectivity index (χ0) is 20.9. The third-order valence-corrected chi connectivity index (χ3v) is 6.17. The van der Waals surface area contributed by atoms with E-state index in [2.05, 4.69) is 0 Å². The van der Waals surface area contributed by atoms with Crippen LogP contribution in [0, 0.1) is 5.92 Å². The number of rotatable bonds is 8. The second kappa shape index (κ2) is 9.29. The van der Waals surface area contributed by atoms with Crippen LogP contribution in [0.5, 0.6) is 0 Å². The molecule has 0 amide bonds. The van der Waals surface area contributed by atoms with Crippen LogP contribution >= 0.6 is 0 Å². The quantitative estimate of drug-likeness (QED) is 0.369. The molecule has 0 saturated carbocycles. The van der Waals surface area contributed by atoms with E-state index in [9.17, 15) is 14.7 Å². The number of furan rings is 1. The van der Waals surface area contributed by atoms with Crippen molar-refractivity contribution >= 4 is 22.7 Å². The molecule has 4 heteroatoms. The molecule has 4 rings (SSSR count). The number of carbonyl (C=O) groups excluding carboxylic acids is 1. The molecule has 30 heavy (non-hydrogen) atoms. The Morgan fingerprint density at radius 3 is 2.60 bits per heavy atom. The molecule has 0 bridgehead atoms. The zero-order valence-electron chi connectivity index (χ0n) is 17.2. The molecule has 3 aromatic rings. The predicted octanol–water partition coefficient (Wildman–Crippen LogP) is 6.00. The number of hydrogen-bond donors (Lipinski definition) is 1. The minimum absolute atomic E-state index is 0.0239. The van der Waals surface area contributed by atoms with Crippen LogP contribution < -0.4 is 0 Å². The van der Waals surface area contributed by atoms with Gasteiger partial charge < -0.3 is 9.52 Å². The van der Waals surface area contributed by atoms with Crippen molar-refractivity contribution in [1.29, 1.82) is 0 Å². The molecule has 0 aliphatic heterocycles. The lowest BCUT2D eigenvalue weighted by Gasteiger charge is -2.12. The van der Waals surface area contributed by atoms with E-state index >= 15 is 0 Å². The highest BCUT2D eigenvalue weighted by Crippen LogP contribution is 2.32. The molecule has 1 heterocycles. The average molecular weight is 405 g/mol. The van der Waals surface area contributed by atoms with Gasteiger partial charge in [-0.15, -0.1) is 0 Å². The first kappa shape index (κ1) is 20.4. The average Bonchev–Trinajstić information content (AvgIpc) is 2.93. The third-order valence-electron chi connectivity index (χ3n) is 6.17. The zero-order valence-corrected chi connectivity index (χ0v) is 17.2. The van der Waals surface area contributed by atoms with Gasteiger partial charge >= 0.3 is 5.97 Å². The van der Waals surface area contributed by atoms with Crippen molar-refractivity contribution in [3.05, 3.63) is 71.0 Å². The number of carboxylic acids is 1. The fraction of sp³-hybridized carbons (Fsp3) is 0.385. The summed E-state index contributed by atoms with van der Waals surface area (Å²) in [4.78, 5) is 24.5. The van der Waals surface area contributed by atoms with Gasteiger partial charge in [0.1, 0.15) is 11.3 Å². The second-order valence-corrected chi connectivity index (χ2v) is 8.32. The molecule has 4 nitrogen and oxygen atoms in total. The molecule has 0 saturated heterocycles. The molecule has 0 radical (unpaired) electrons. The summed E-state index contributed by atoms with van der Waals surface area (Å²) in [6, 6.07) is 15.6. The van der Waals surface area contributed by atoms with Crippen LogP contribution in [0.1, 0.15) is 65.8 Å². The van der Waals surface area contributed by atoms with Crippen LogP contribution in [0.4, 0.5) is 0 Å². The normalized spacial score (nSPS) is 14.8. The Morgan fingerprint density at radius 2 is 1.80 bits per heavy atom. The van der Waals surface area contributed by atoms with Crippen molar-refractivity contribution in [3.63, 3.8) is 0 Å². The Kier molecular flexibility index (Phi) is 6.32. The summed E-state index contributed by atoms with van der Waals surface area (Å²) < 4.78 is 6.06. The number of ketones is 1. The van der Waals surface area contributed by atoms with E-state index in [4.69, 9.17) is 4.42 Å². The van der Waals surface area contributed by atoms with Crippen LogP contribution in [-0.4, -0.2) is 16.9 Å². The molecular formula is C26H28O4. The van der Waals surface area contributed by atoms with Crippen molar-refractivity contribution in [2.24, 2.45) is 5.92 Å². The lowest BCUT2D eigenvalue weighted by molar-refractivity contribution is -0.141. The van der Waals surface area contributed by atoms with Crippen molar-refractivity contribution in [2.75, 3.05) is 0 Å². The van der Waals surface area contributed by atoms with E-state index in [0.29, 0.717) is 12.0 Å². The third kappa shape index (κ3) is 4.64. The van der Waals surface area contributed by atoms with Gasteiger partial charge in [-0.05, 0) is 50.2 Å². The molecule has 0 fully saturated rings. The first-order valence-electron chi connectivity index (χ1n) is 11.0. The van der Waals surface area contributed by atoms with Crippen molar-refractivity contribution in [2.45, 2.75) is 57.8 Å². The summed E-state index contributed by atoms with van der Waals surface area (Å²) in [5, 5.41) is 10.7. The minimum atomic E-state index is -0.901. The summed E-state index contributed by atoms with van der Waals surface area (Å²) in [6.45, 7) is 0. The Balaban J connectivity index is 1.43. The van der Waals surface area contributed by atoms with E-state index in [1.165, 1.54) is 24.0 Å². The van der Waals surface area contributed by atoms with Gasteiger partial charge in [0.2, 0.25) is 0 Å². The lowest BCUT2D eigenvalue weighted by Crippen LogP contribution is -2.18. The van der Waals surface area contributed by atoms with E-state index < -0.39 is 11.9 Å². The monoisotopic (exact) mass is 404 g/mol. The number of benzene rings is 2. The maximum atomic E-state index is 12.8. The lowest BCUT2D eigenvalue weighted by atomic mass is 9.92. The summed E-state index contributed by atoms with van der Waals surface area (Å²) in [5.74, 6) is -0.639. The van der Waals surface area contributed by atoms with E-state index in [1.807, 2.05) is 42.5 Å². The summed E-state index contributed by atoms with van der Waals surface area (Å²) >= 11 is 0. The molecule has 1 aliphatic rings. The van der Waals surface area contributed by atoms with Crippen LogP contribution in [0.3, 0.4) is 0 Å². The summed E-state index contributed by atoms with van der Waals surface area (Å²) in [7, 11) is 0. The van der Waals surface area contributed by atoms with Crippen LogP contribution in [-0.2, 0) is 24.1 Å². The molecule has 1 aliphatic carbocycles. The van der Waals surface area contributed by atoms with Crippen LogP contribution in [0.15, 0.2) is 52.9 Å². The van der Waals surface area contributed by atoms with Gasteiger partial charge in [0.15, 0.2) is 5.78 Å².